The fourth-order valence-corrected chi connectivity index (χ4v) is 2.87. The monoisotopic (exact) mass is 273 g/mol. The van der Waals surface area contributed by atoms with E-state index in [0.717, 1.165) is 35.8 Å². The summed E-state index contributed by atoms with van der Waals surface area (Å²) in [5.41, 5.74) is 3.32. The van der Waals surface area contributed by atoms with Gasteiger partial charge in [-0.2, -0.15) is 0 Å². The number of rotatable bonds is 4. The summed E-state index contributed by atoms with van der Waals surface area (Å²) < 4.78 is 0. The molecule has 0 amide bonds. The summed E-state index contributed by atoms with van der Waals surface area (Å²) in [6.45, 7) is 6.42. The number of carboxylic acid groups (broad SMARTS) is 1. The molecule has 3 heteroatoms. The summed E-state index contributed by atoms with van der Waals surface area (Å²) in [6, 6.07) is 6.28. The number of aliphatic carboxylic acids is 1. The van der Waals surface area contributed by atoms with Crippen molar-refractivity contribution in [3.05, 3.63) is 35.4 Å². The first-order valence-electron chi connectivity index (χ1n) is 7.36. The molecular weight excluding hydrogens is 250 g/mol. The van der Waals surface area contributed by atoms with E-state index >= 15 is 0 Å². The molecule has 108 valence electrons. The smallest absolute Gasteiger partial charge is 0.328 e. The number of piperidine rings is 1. The molecule has 0 saturated carbocycles. The lowest BCUT2D eigenvalue weighted by Crippen LogP contribution is -2.35. The quantitative estimate of drug-likeness (QED) is 0.850. The van der Waals surface area contributed by atoms with E-state index in [2.05, 4.69) is 30.0 Å². The van der Waals surface area contributed by atoms with Crippen LogP contribution in [0.3, 0.4) is 0 Å². The summed E-state index contributed by atoms with van der Waals surface area (Å²) >= 11 is 0. The third kappa shape index (κ3) is 3.62. The van der Waals surface area contributed by atoms with Crippen molar-refractivity contribution in [3.63, 3.8) is 0 Å². The van der Waals surface area contributed by atoms with Crippen LogP contribution in [0.15, 0.2) is 24.3 Å². The van der Waals surface area contributed by atoms with E-state index in [1.807, 2.05) is 6.92 Å². The van der Waals surface area contributed by atoms with Gasteiger partial charge in [-0.05, 0) is 49.5 Å². The van der Waals surface area contributed by atoms with E-state index in [4.69, 9.17) is 5.11 Å². The fourth-order valence-electron chi connectivity index (χ4n) is 2.87. The van der Waals surface area contributed by atoms with E-state index in [0.29, 0.717) is 0 Å². The van der Waals surface area contributed by atoms with Gasteiger partial charge in [-0.3, -0.25) is 0 Å². The van der Waals surface area contributed by atoms with Crippen LogP contribution in [0.2, 0.25) is 0 Å². The van der Waals surface area contributed by atoms with Crippen LogP contribution in [-0.2, 0) is 4.79 Å². The molecule has 1 saturated heterocycles. The Morgan fingerprint density at radius 3 is 3.00 bits per heavy atom. The SMILES string of the molecule is CCC1CCCN(c2ccc(C)cc2/C=C/C(=O)O)C1. The molecular formula is C17H23NO2. The summed E-state index contributed by atoms with van der Waals surface area (Å²) in [7, 11) is 0. The van der Waals surface area contributed by atoms with Gasteiger partial charge in [0.1, 0.15) is 0 Å². The molecule has 1 aromatic carbocycles. The Morgan fingerprint density at radius 2 is 2.30 bits per heavy atom. The molecule has 1 aromatic rings. The van der Waals surface area contributed by atoms with Crippen molar-refractivity contribution in [1.82, 2.24) is 0 Å². The van der Waals surface area contributed by atoms with Crippen LogP contribution < -0.4 is 4.90 Å². The van der Waals surface area contributed by atoms with Crippen molar-refractivity contribution in [2.24, 2.45) is 5.92 Å². The highest BCUT2D eigenvalue weighted by Crippen LogP contribution is 2.29. The number of hydrogen-bond acceptors (Lipinski definition) is 2. The fraction of sp³-hybridized carbons (Fsp3) is 0.471. The van der Waals surface area contributed by atoms with Gasteiger partial charge < -0.3 is 10.0 Å². The molecule has 1 atom stereocenters. The lowest BCUT2D eigenvalue weighted by Gasteiger charge is -2.35. The van der Waals surface area contributed by atoms with Crippen LogP contribution >= 0.6 is 0 Å². The van der Waals surface area contributed by atoms with Crippen LogP contribution in [0.4, 0.5) is 5.69 Å². The first-order valence-corrected chi connectivity index (χ1v) is 7.36. The van der Waals surface area contributed by atoms with Crippen LogP contribution in [0.1, 0.15) is 37.3 Å². The molecule has 1 N–H and O–H groups in total. The molecule has 1 heterocycles. The molecule has 0 radical (unpaired) electrons. The molecule has 3 nitrogen and oxygen atoms in total. The third-order valence-electron chi connectivity index (χ3n) is 4.03. The number of anilines is 1. The molecule has 0 bridgehead atoms. The van der Waals surface area contributed by atoms with Crippen molar-refractivity contribution in [2.45, 2.75) is 33.1 Å². The number of benzene rings is 1. The molecule has 1 aliphatic heterocycles. The van der Waals surface area contributed by atoms with Crippen LogP contribution in [0.25, 0.3) is 6.08 Å². The second-order valence-corrected chi connectivity index (χ2v) is 5.60. The minimum atomic E-state index is -0.900. The molecule has 0 aliphatic carbocycles. The van der Waals surface area contributed by atoms with Gasteiger partial charge in [0.2, 0.25) is 0 Å². The summed E-state index contributed by atoms with van der Waals surface area (Å²) in [5.74, 6) is -0.149. The number of nitrogens with zero attached hydrogens (tertiary/aromatic N) is 1. The van der Waals surface area contributed by atoms with E-state index in [1.165, 1.54) is 25.3 Å². The van der Waals surface area contributed by atoms with Gasteiger partial charge in [0.25, 0.3) is 0 Å². The number of hydrogen-bond donors (Lipinski definition) is 1. The Morgan fingerprint density at radius 1 is 1.50 bits per heavy atom. The van der Waals surface area contributed by atoms with E-state index < -0.39 is 5.97 Å². The lowest BCUT2D eigenvalue weighted by atomic mass is 9.94. The highest BCUT2D eigenvalue weighted by Gasteiger charge is 2.20. The maximum Gasteiger partial charge on any atom is 0.328 e. The largest absolute Gasteiger partial charge is 0.478 e. The van der Waals surface area contributed by atoms with Crippen LogP contribution in [0.5, 0.6) is 0 Å². The maximum atomic E-state index is 10.7. The number of carboxylic acids is 1. The van der Waals surface area contributed by atoms with E-state index in [1.54, 1.807) is 6.08 Å². The average molecular weight is 273 g/mol. The molecule has 0 spiro atoms. The van der Waals surface area contributed by atoms with Crippen molar-refractivity contribution < 1.29 is 9.90 Å². The van der Waals surface area contributed by atoms with Gasteiger partial charge in [-0.1, -0.05) is 25.0 Å². The zero-order valence-corrected chi connectivity index (χ0v) is 12.3. The Balaban J connectivity index is 2.28. The highest BCUT2D eigenvalue weighted by molar-refractivity contribution is 5.87. The summed E-state index contributed by atoms with van der Waals surface area (Å²) in [6.07, 6.45) is 6.66. The zero-order chi connectivity index (χ0) is 14.5. The number of carbonyl (C=O) groups is 1. The molecule has 2 rings (SSSR count). The molecule has 20 heavy (non-hydrogen) atoms. The third-order valence-corrected chi connectivity index (χ3v) is 4.03. The van der Waals surface area contributed by atoms with Gasteiger partial charge in [0.15, 0.2) is 0 Å². The predicted octanol–water partition coefficient (Wildman–Crippen LogP) is 3.72. The Labute approximate surface area is 120 Å². The van der Waals surface area contributed by atoms with Gasteiger partial charge in [-0.15, -0.1) is 0 Å². The Bertz CT molecular complexity index is 508. The topological polar surface area (TPSA) is 40.5 Å². The minimum absolute atomic E-state index is 0.751. The predicted molar refractivity (Wildman–Crippen MR) is 83.1 cm³/mol. The van der Waals surface area contributed by atoms with Crippen molar-refractivity contribution in [1.29, 1.82) is 0 Å². The maximum absolute atomic E-state index is 10.7. The minimum Gasteiger partial charge on any atom is -0.478 e. The molecule has 0 aromatic heterocycles. The Hall–Kier alpha value is -1.77. The lowest BCUT2D eigenvalue weighted by molar-refractivity contribution is -0.131. The Kier molecular flexibility index (Phi) is 4.83. The first-order chi connectivity index (χ1) is 9.60. The van der Waals surface area contributed by atoms with Gasteiger partial charge in [0.05, 0.1) is 0 Å². The number of aryl methyl sites for hydroxylation is 1. The average Bonchev–Trinajstić information content (AvgIpc) is 2.45. The van der Waals surface area contributed by atoms with Gasteiger partial charge in [-0.25, -0.2) is 4.79 Å². The summed E-state index contributed by atoms with van der Waals surface area (Å²) in [4.78, 5) is 13.1. The second kappa shape index (κ2) is 6.60. The summed E-state index contributed by atoms with van der Waals surface area (Å²) in [5, 5.41) is 8.83. The van der Waals surface area contributed by atoms with E-state index in [9.17, 15) is 4.79 Å². The standard InChI is InChI=1S/C17H23NO2/c1-3-14-5-4-10-18(12-14)16-8-6-13(2)11-15(16)7-9-17(19)20/h6-9,11,14H,3-5,10,12H2,1-2H3,(H,19,20)/b9-7+. The van der Waals surface area contributed by atoms with Crippen molar-refractivity contribution in [2.75, 3.05) is 18.0 Å². The van der Waals surface area contributed by atoms with Gasteiger partial charge in [0, 0.05) is 24.9 Å². The van der Waals surface area contributed by atoms with Crippen LogP contribution in [0, 0.1) is 12.8 Å². The molecule has 1 unspecified atom stereocenters. The second-order valence-electron chi connectivity index (χ2n) is 5.60. The first kappa shape index (κ1) is 14.6. The van der Waals surface area contributed by atoms with Crippen molar-refractivity contribution in [3.8, 4) is 0 Å². The highest BCUT2D eigenvalue weighted by atomic mass is 16.4. The molecule has 1 fully saturated rings. The normalized spacial score (nSPS) is 19.5. The van der Waals surface area contributed by atoms with Crippen LogP contribution in [-0.4, -0.2) is 24.2 Å². The van der Waals surface area contributed by atoms with E-state index in [-0.39, 0.29) is 0 Å². The van der Waals surface area contributed by atoms with Gasteiger partial charge >= 0.3 is 5.97 Å². The zero-order valence-electron chi connectivity index (χ0n) is 12.3. The molecule has 1 aliphatic rings. The van der Waals surface area contributed by atoms with Crippen molar-refractivity contribution >= 4 is 17.7 Å².